The molecule has 0 fully saturated rings. The average Bonchev–Trinajstić information content (AvgIpc) is 2.09. The van der Waals surface area contributed by atoms with Gasteiger partial charge in [0.25, 0.3) is 0 Å². The summed E-state index contributed by atoms with van der Waals surface area (Å²) < 4.78 is 0. The molecule has 12 heavy (non-hydrogen) atoms. The molecule has 0 saturated heterocycles. The Labute approximate surface area is 75.2 Å². The third-order valence-electron chi connectivity index (χ3n) is 1.38. The molecule has 0 rings (SSSR count). The minimum atomic E-state index is 0.996. The molecule has 0 aliphatic heterocycles. The van der Waals surface area contributed by atoms with E-state index in [0.29, 0.717) is 0 Å². The first kappa shape index (κ1) is 10.9. The van der Waals surface area contributed by atoms with E-state index in [-0.39, 0.29) is 0 Å². The zero-order chi connectivity index (χ0) is 9.23. The van der Waals surface area contributed by atoms with E-state index in [1.807, 2.05) is 19.1 Å². The first-order valence-corrected chi connectivity index (χ1v) is 4.17. The van der Waals surface area contributed by atoms with Crippen LogP contribution >= 0.6 is 0 Å². The summed E-state index contributed by atoms with van der Waals surface area (Å²) in [5.41, 5.74) is 1.36. The van der Waals surface area contributed by atoms with Crippen molar-refractivity contribution in [3.05, 3.63) is 36.0 Å². The van der Waals surface area contributed by atoms with Gasteiger partial charge in [-0.3, -0.25) is 4.99 Å². The molecule has 0 bridgehead atoms. The van der Waals surface area contributed by atoms with Crippen LogP contribution in [0.25, 0.3) is 0 Å². The van der Waals surface area contributed by atoms with E-state index in [1.165, 1.54) is 5.57 Å². The highest BCUT2D eigenvalue weighted by Gasteiger charge is 1.80. The van der Waals surface area contributed by atoms with Gasteiger partial charge in [0.2, 0.25) is 0 Å². The van der Waals surface area contributed by atoms with E-state index < -0.39 is 0 Å². The molecule has 0 aromatic rings. The van der Waals surface area contributed by atoms with E-state index >= 15 is 0 Å². The molecule has 0 aliphatic rings. The van der Waals surface area contributed by atoms with Crippen molar-refractivity contribution < 1.29 is 0 Å². The lowest BCUT2D eigenvalue weighted by Gasteiger charge is -1.90. The summed E-state index contributed by atoms with van der Waals surface area (Å²) in [5.74, 6) is 0. The van der Waals surface area contributed by atoms with Crippen LogP contribution in [0.4, 0.5) is 0 Å². The smallest absolute Gasteiger partial charge is 0.0277 e. The van der Waals surface area contributed by atoms with Crippen molar-refractivity contribution >= 4 is 6.21 Å². The number of nitrogens with zero attached hydrogens (tertiary/aromatic N) is 1. The summed E-state index contributed by atoms with van der Waals surface area (Å²) in [6, 6.07) is 0. The van der Waals surface area contributed by atoms with Crippen LogP contribution in [0.3, 0.4) is 0 Å². The van der Waals surface area contributed by atoms with E-state index in [0.717, 1.165) is 6.42 Å². The SMILES string of the molecule is C/C=C\C=C(/C)C/C=C\C=N/C. The molecule has 0 aliphatic carbocycles. The molecule has 0 radical (unpaired) electrons. The van der Waals surface area contributed by atoms with Crippen LogP contribution in [0, 0.1) is 0 Å². The van der Waals surface area contributed by atoms with Crippen molar-refractivity contribution in [1.82, 2.24) is 0 Å². The monoisotopic (exact) mass is 163 g/mol. The summed E-state index contributed by atoms with van der Waals surface area (Å²) >= 11 is 0. The summed E-state index contributed by atoms with van der Waals surface area (Å²) in [6.07, 6.45) is 13.1. The molecule has 1 heteroatoms. The second-order valence-electron chi connectivity index (χ2n) is 2.58. The number of aliphatic imine (C=N–C) groups is 1. The molecule has 0 N–H and O–H groups in total. The maximum absolute atomic E-state index is 3.85. The zero-order valence-electron chi connectivity index (χ0n) is 8.12. The highest BCUT2D eigenvalue weighted by Crippen LogP contribution is 2.00. The van der Waals surface area contributed by atoms with Crippen molar-refractivity contribution in [2.45, 2.75) is 20.3 Å². The minimum Gasteiger partial charge on any atom is -0.297 e. The average molecular weight is 163 g/mol. The Morgan fingerprint density at radius 2 is 2.08 bits per heavy atom. The van der Waals surface area contributed by atoms with Gasteiger partial charge in [-0.1, -0.05) is 29.9 Å². The van der Waals surface area contributed by atoms with Crippen LogP contribution in [0.15, 0.2) is 40.9 Å². The second kappa shape index (κ2) is 7.99. The van der Waals surface area contributed by atoms with Crippen LogP contribution in [0.1, 0.15) is 20.3 Å². The molecule has 0 spiro atoms. The molecule has 66 valence electrons. The molecular weight excluding hydrogens is 146 g/mol. The van der Waals surface area contributed by atoms with Crippen LogP contribution in [0.5, 0.6) is 0 Å². The maximum atomic E-state index is 3.85. The molecule has 0 heterocycles. The van der Waals surface area contributed by atoms with Crippen LogP contribution in [-0.4, -0.2) is 13.3 Å². The van der Waals surface area contributed by atoms with Gasteiger partial charge >= 0.3 is 0 Å². The van der Waals surface area contributed by atoms with E-state index in [4.69, 9.17) is 0 Å². The molecule has 1 nitrogen and oxygen atoms in total. The summed E-state index contributed by atoms with van der Waals surface area (Å²) in [4.78, 5) is 3.85. The summed E-state index contributed by atoms with van der Waals surface area (Å²) in [7, 11) is 1.77. The van der Waals surface area contributed by atoms with E-state index in [9.17, 15) is 0 Å². The summed E-state index contributed by atoms with van der Waals surface area (Å²) in [5, 5.41) is 0. The van der Waals surface area contributed by atoms with Gasteiger partial charge in [0.05, 0.1) is 0 Å². The van der Waals surface area contributed by atoms with Gasteiger partial charge in [0.1, 0.15) is 0 Å². The van der Waals surface area contributed by atoms with Crippen molar-refractivity contribution in [2.75, 3.05) is 7.05 Å². The van der Waals surface area contributed by atoms with Gasteiger partial charge in [-0.2, -0.15) is 0 Å². The third kappa shape index (κ3) is 7.00. The van der Waals surface area contributed by atoms with E-state index in [2.05, 4.69) is 30.1 Å². The fourth-order valence-corrected chi connectivity index (χ4v) is 0.729. The van der Waals surface area contributed by atoms with Gasteiger partial charge in [0.15, 0.2) is 0 Å². The maximum Gasteiger partial charge on any atom is 0.0277 e. The molecular formula is C11H17N. The minimum absolute atomic E-state index is 0.996. The highest BCUT2D eigenvalue weighted by atomic mass is 14.6. The fourth-order valence-electron chi connectivity index (χ4n) is 0.729. The van der Waals surface area contributed by atoms with Gasteiger partial charge in [-0.05, 0) is 26.3 Å². The molecule has 0 aromatic carbocycles. The van der Waals surface area contributed by atoms with Gasteiger partial charge in [-0.15, -0.1) is 0 Å². The van der Waals surface area contributed by atoms with Crippen molar-refractivity contribution in [1.29, 1.82) is 0 Å². The number of hydrogen-bond donors (Lipinski definition) is 0. The normalized spacial score (nSPS) is 14.1. The van der Waals surface area contributed by atoms with E-state index in [1.54, 1.807) is 13.3 Å². The Morgan fingerprint density at radius 1 is 1.33 bits per heavy atom. The molecule has 0 atom stereocenters. The van der Waals surface area contributed by atoms with Crippen molar-refractivity contribution in [3.63, 3.8) is 0 Å². The number of rotatable bonds is 4. The Balaban J connectivity index is 3.77. The Morgan fingerprint density at radius 3 is 2.67 bits per heavy atom. The summed E-state index contributed by atoms with van der Waals surface area (Å²) in [6.45, 7) is 4.14. The van der Waals surface area contributed by atoms with Crippen molar-refractivity contribution in [3.8, 4) is 0 Å². The van der Waals surface area contributed by atoms with Crippen molar-refractivity contribution in [2.24, 2.45) is 4.99 Å². The van der Waals surface area contributed by atoms with Crippen LogP contribution in [-0.2, 0) is 0 Å². The predicted molar refractivity (Wildman–Crippen MR) is 56.7 cm³/mol. The number of allylic oxidation sites excluding steroid dienone is 6. The standard InChI is InChI=1S/C11H17N/c1-4-5-8-11(2)9-6-7-10-12-3/h4-8,10H,9H2,1-3H3/b5-4-,7-6-,11-8+,12-10-. The molecule has 0 amide bonds. The molecule has 0 aromatic heterocycles. The second-order valence-corrected chi connectivity index (χ2v) is 2.58. The fraction of sp³-hybridized carbons (Fsp3) is 0.364. The lowest BCUT2D eigenvalue weighted by molar-refractivity contribution is 1.21. The Hall–Kier alpha value is -1.11. The van der Waals surface area contributed by atoms with Gasteiger partial charge < -0.3 is 0 Å². The Bertz CT molecular complexity index is 207. The Kier molecular flexibility index (Phi) is 7.25. The molecule has 0 saturated carbocycles. The predicted octanol–water partition coefficient (Wildman–Crippen LogP) is 3.16. The largest absolute Gasteiger partial charge is 0.297 e. The topological polar surface area (TPSA) is 12.4 Å². The van der Waals surface area contributed by atoms with Crippen LogP contribution in [0.2, 0.25) is 0 Å². The molecule has 0 unspecified atom stereocenters. The quantitative estimate of drug-likeness (QED) is 0.446. The highest BCUT2D eigenvalue weighted by molar-refractivity contribution is 5.70. The van der Waals surface area contributed by atoms with Gasteiger partial charge in [0, 0.05) is 13.3 Å². The van der Waals surface area contributed by atoms with Gasteiger partial charge in [-0.25, -0.2) is 0 Å². The lowest BCUT2D eigenvalue weighted by Crippen LogP contribution is -1.71. The lowest BCUT2D eigenvalue weighted by atomic mass is 10.2. The zero-order valence-corrected chi connectivity index (χ0v) is 8.12. The number of hydrogen-bond acceptors (Lipinski definition) is 1. The first-order chi connectivity index (χ1) is 5.81. The van der Waals surface area contributed by atoms with Crippen LogP contribution < -0.4 is 0 Å². The third-order valence-corrected chi connectivity index (χ3v) is 1.38. The first-order valence-electron chi connectivity index (χ1n) is 4.17.